The summed E-state index contributed by atoms with van der Waals surface area (Å²) < 4.78 is 10.9. The van der Waals surface area contributed by atoms with Crippen LogP contribution in [0.25, 0.3) is 0 Å². The van der Waals surface area contributed by atoms with E-state index in [0.29, 0.717) is 6.61 Å². The molecule has 1 heterocycles. The molecule has 128 valence electrons. The summed E-state index contributed by atoms with van der Waals surface area (Å²) in [6.07, 6.45) is 3.51. The lowest BCUT2D eigenvalue weighted by atomic mass is 10.0. The van der Waals surface area contributed by atoms with E-state index < -0.39 is 0 Å². The molecule has 1 aromatic rings. The Morgan fingerprint density at radius 3 is 2.70 bits per heavy atom. The minimum atomic E-state index is 0.687. The predicted octanol–water partition coefficient (Wildman–Crippen LogP) is 2.77. The number of hydrogen-bond acceptors (Lipinski definition) is 3. The lowest BCUT2D eigenvalue weighted by molar-refractivity contribution is 0.264. The fourth-order valence-corrected chi connectivity index (χ4v) is 2.85. The van der Waals surface area contributed by atoms with Crippen LogP contribution in [0.3, 0.4) is 0 Å². The molecule has 0 saturated carbocycles. The van der Waals surface area contributed by atoms with Crippen LogP contribution in [0.4, 0.5) is 0 Å². The summed E-state index contributed by atoms with van der Waals surface area (Å²) in [5.74, 6) is 3.49. The van der Waals surface area contributed by atoms with Crippen LogP contribution in [0, 0.1) is 5.92 Å². The number of nitrogens with one attached hydrogen (secondary N) is 1. The summed E-state index contributed by atoms with van der Waals surface area (Å²) in [7, 11) is 3.52. The molecule has 0 amide bonds. The number of aliphatic imine (C=N–C) groups is 1. The van der Waals surface area contributed by atoms with Crippen molar-refractivity contribution in [2.75, 3.05) is 40.4 Å². The molecule has 1 saturated heterocycles. The number of likely N-dealkylation sites (tertiary alicyclic amines) is 1. The van der Waals surface area contributed by atoms with Crippen LogP contribution < -0.4 is 14.8 Å². The molecular weight excluding hydrogens is 290 g/mol. The van der Waals surface area contributed by atoms with E-state index in [9.17, 15) is 0 Å². The monoisotopic (exact) mass is 319 g/mol. The molecule has 1 unspecified atom stereocenters. The van der Waals surface area contributed by atoms with Gasteiger partial charge in [0, 0.05) is 26.7 Å². The molecular formula is C18H29N3O2. The summed E-state index contributed by atoms with van der Waals surface area (Å²) in [6.45, 7) is 6.07. The second-order valence-electron chi connectivity index (χ2n) is 6.04. The summed E-state index contributed by atoms with van der Waals surface area (Å²) in [5.41, 5.74) is 0. The van der Waals surface area contributed by atoms with E-state index in [1.807, 2.05) is 31.3 Å². The quantitative estimate of drug-likeness (QED) is 0.497. The van der Waals surface area contributed by atoms with Crippen LogP contribution in [0.15, 0.2) is 29.3 Å². The number of benzene rings is 1. The van der Waals surface area contributed by atoms with Gasteiger partial charge in [0.1, 0.15) is 11.5 Å². The maximum absolute atomic E-state index is 5.73. The van der Waals surface area contributed by atoms with E-state index in [2.05, 4.69) is 22.1 Å². The third-order valence-corrected chi connectivity index (χ3v) is 4.10. The van der Waals surface area contributed by atoms with Crippen molar-refractivity contribution in [3.8, 4) is 11.5 Å². The Morgan fingerprint density at radius 2 is 2.04 bits per heavy atom. The van der Waals surface area contributed by atoms with Crippen molar-refractivity contribution in [2.24, 2.45) is 10.9 Å². The molecule has 1 N–H and O–H groups in total. The van der Waals surface area contributed by atoms with Crippen molar-refractivity contribution in [2.45, 2.75) is 26.2 Å². The zero-order valence-corrected chi connectivity index (χ0v) is 14.5. The van der Waals surface area contributed by atoms with E-state index in [1.54, 1.807) is 7.11 Å². The first-order valence-corrected chi connectivity index (χ1v) is 8.45. The van der Waals surface area contributed by atoms with Crippen LogP contribution in [-0.2, 0) is 0 Å². The molecule has 0 aromatic heterocycles. The summed E-state index contributed by atoms with van der Waals surface area (Å²) in [6, 6.07) is 7.68. The molecule has 0 radical (unpaired) electrons. The average Bonchev–Trinajstić information content (AvgIpc) is 2.58. The molecule has 1 fully saturated rings. The maximum Gasteiger partial charge on any atom is 0.193 e. The number of rotatable bonds is 6. The van der Waals surface area contributed by atoms with Crippen LogP contribution in [-0.4, -0.2) is 51.3 Å². The Balaban J connectivity index is 1.65. The van der Waals surface area contributed by atoms with Crippen molar-refractivity contribution in [3.05, 3.63) is 24.3 Å². The fraction of sp³-hybridized carbons (Fsp3) is 0.611. The van der Waals surface area contributed by atoms with Crippen LogP contribution in [0.5, 0.6) is 11.5 Å². The second kappa shape index (κ2) is 9.28. The molecule has 0 bridgehead atoms. The van der Waals surface area contributed by atoms with E-state index in [-0.39, 0.29) is 0 Å². The Morgan fingerprint density at radius 1 is 1.30 bits per heavy atom. The molecule has 1 aromatic carbocycles. The van der Waals surface area contributed by atoms with E-state index in [4.69, 9.17) is 9.47 Å². The number of guanidine groups is 1. The lowest BCUT2D eigenvalue weighted by Gasteiger charge is -2.33. The summed E-state index contributed by atoms with van der Waals surface area (Å²) >= 11 is 0. The lowest BCUT2D eigenvalue weighted by Crippen LogP contribution is -2.46. The minimum absolute atomic E-state index is 0.687. The van der Waals surface area contributed by atoms with Gasteiger partial charge in [0.25, 0.3) is 0 Å². The van der Waals surface area contributed by atoms with Gasteiger partial charge >= 0.3 is 0 Å². The first-order valence-electron chi connectivity index (χ1n) is 8.45. The highest BCUT2D eigenvalue weighted by atomic mass is 16.5. The number of ether oxygens (including phenoxy) is 2. The number of methoxy groups -OCH3 is 1. The Labute approximate surface area is 139 Å². The normalized spacial score (nSPS) is 18.7. The Bertz CT molecular complexity index is 488. The van der Waals surface area contributed by atoms with Gasteiger partial charge in [-0.3, -0.25) is 4.99 Å². The maximum atomic E-state index is 5.73. The van der Waals surface area contributed by atoms with Crippen molar-refractivity contribution in [1.29, 1.82) is 0 Å². The molecule has 1 aliphatic heterocycles. The van der Waals surface area contributed by atoms with Gasteiger partial charge < -0.3 is 19.7 Å². The fourth-order valence-electron chi connectivity index (χ4n) is 2.85. The molecule has 5 nitrogen and oxygen atoms in total. The minimum Gasteiger partial charge on any atom is -0.497 e. The standard InChI is InChI=1S/C18H29N3O2/c1-15-6-4-12-21(14-15)18(19-2)20-11-5-13-23-17-9-7-16(22-3)8-10-17/h7-10,15H,4-6,11-14H2,1-3H3,(H,19,20). The zero-order chi connectivity index (χ0) is 16.5. The van der Waals surface area contributed by atoms with Crippen LogP contribution in [0.1, 0.15) is 26.2 Å². The van der Waals surface area contributed by atoms with Gasteiger partial charge in [-0.15, -0.1) is 0 Å². The van der Waals surface area contributed by atoms with Crippen LogP contribution in [0.2, 0.25) is 0 Å². The van der Waals surface area contributed by atoms with Crippen LogP contribution >= 0.6 is 0 Å². The van der Waals surface area contributed by atoms with Crippen molar-refractivity contribution >= 4 is 5.96 Å². The number of piperidine rings is 1. The Kier molecular flexibility index (Phi) is 7.04. The van der Waals surface area contributed by atoms with E-state index >= 15 is 0 Å². The molecule has 0 spiro atoms. The number of hydrogen-bond donors (Lipinski definition) is 1. The van der Waals surface area contributed by atoms with Gasteiger partial charge in [-0.05, 0) is 49.4 Å². The molecule has 1 aliphatic rings. The van der Waals surface area contributed by atoms with Crippen molar-refractivity contribution in [3.63, 3.8) is 0 Å². The van der Waals surface area contributed by atoms with Gasteiger partial charge in [-0.1, -0.05) is 6.92 Å². The topological polar surface area (TPSA) is 46.1 Å². The predicted molar refractivity (Wildman–Crippen MR) is 94.4 cm³/mol. The van der Waals surface area contributed by atoms with E-state index in [1.165, 1.54) is 12.8 Å². The average molecular weight is 319 g/mol. The smallest absolute Gasteiger partial charge is 0.193 e. The van der Waals surface area contributed by atoms with Gasteiger partial charge in [-0.2, -0.15) is 0 Å². The van der Waals surface area contributed by atoms with E-state index in [0.717, 1.165) is 49.4 Å². The number of nitrogens with zero attached hydrogens (tertiary/aromatic N) is 2. The third-order valence-electron chi connectivity index (χ3n) is 4.10. The first kappa shape index (κ1) is 17.4. The second-order valence-corrected chi connectivity index (χ2v) is 6.04. The SMILES string of the molecule is CN=C(NCCCOc1ccc(OC)cc1)N1CCCC(C)C1. The highest BCUT2D eigenvalue weighted by molar-refractivity contribution is 5.79. The third kappa shape index (κ3) is 5.66. The van der Waals surface area contributed by atoms with Gasteiger partial charge in [0.2, 0.25) is 0 Å². The molecule has 0 aliphatic carbocycles. The summed E-state index contributed by atoms with van der Waals surface area (Å²) in [5, 5.41) is 3.44. The largest absolute Gasteiger partial charge is 0.497 e. The van der Waals surface area contributed by atoms with Crippen molar-refractivity contribution < 1.29 is 9.47 Å². The molecule has 1 atom stereocenters. The Hall–Kier alpha value is -1.91. The zero-order valence-electron chi connectivity index (χ0n) is 14.5. The first-order chi connectivity index (χ1) is 11.2. The highest BCUT2D eigenvalue weighted by Gasteiger charge is 2.18. The molecule has 5 heteroatoms. The van der Waals surface area contributed by atoms with Gasteiger partial charge in [0.05, 0.1) is 13.7 Å². The van der Waals surface area contributed by atoms with Gasteiger partial charge in [-0.25, -0.2) is 0 Å². The van der Waals surface area contributed by atoms with Crippen molar-refractivity contribution in [1.82, 2.24) is 10.2 Å². The van der Waals surface area contributed by atoms with Gasteiger partial charge in [0.15, 0.2) is 5.96 Å². The molecule has 2 rings (SSSR count). The summed E-state index contributed by atoms with van der Waals surface area (Å²) in [4.78, 5) is 6.76. The molecule has 23 heavy (non-hydrogen) atoms. The highest BCUT2D eigenvalue weighted by Crippen LogP contribution is 2.17.